The van der Waals surface area contributed by atoms with Crippen LogP contribution in [0.3, 0.4) is 0 Å². The minimum Gasteiger partial charge on any atom is -0.373 e. The average molecular weight is 390 g/mol. The number of rotatable bonds is 5. The summed E-state index contributed by atoms with van der Waals surface area (Å²) in [5, 5.41) is 12.3. The monoisotopic (exact) mass is 390 g/mol. The molecule has 0 spiro atoms. The topological polar surface area (TPSA) is 38.1 Å². The molecule has 0 fully saturated rings. The summed E-state index contributed by atoms with van der Waals surface area (Å²) in [6, 6.07) is 37.9. The lowest BCUT2D eigenvalue weighted by atomic mass is 9.85. The summed E-state index contributed by atoms with van der Waals surface area (Å²) in [5.41, 5.74) is 3.23. The van der Waals surface area contributed by atoms with Crippen molar-refractivity contribution in [3.05, 3.63) is 138 Å². The third kappa shape index (κ3) is 3.10. The summed E-state index contributed by atoms with van der Waals surface area (Å²) in [7, 11) is 0. The Labute approximate surface area is 175 Å². The van der Waals surface area contributed by atoms with Gasteiger partial charge in [-0.25, -0.2) is 4.98 Å². The van der Waals surface area contributed by atoms with E-state index >= 15 is 0 Å². The maximum absolute atomic E-state index is 12.3. The molecule has 4 aromatic carbocycles. The van der Waals surface area contributed by atoms with Gasteiger partial charge in [0.25, 0.3) is 0 Å². The number of para-hydroxylation sites is 2. The summed E-state index contributed by atoms with van der Waals surface area (Å²) in [5.74, 6) is 0.616. The highest BCUT2D eigenvalue weighted by atomic mass is 16.3. The Morgan fingerprint density at radius 1 is 0.633 bits per heavy atom. The molecule has 0 aliphatic carbocycles. The first-order valence-electron chi connectivity index (χ1n) is 10.1. The number of benzene rings is 4. The van der Waals surface area contributed by atoms with Gasteiger partial charge in [0, 0.05) is 6.54 Å². The molecule has 0 radical (unpaired) electrons. The van der Waals surface area contributed by atoms with Gasteiger partial charge >= 0.3 is 0 Å². The first-order valence-corrected chi connectivity index (χ1v) is 10.1. The van der Waals surface area contributed by atoms with Gasteiger partial charge in [-0.05, 0) is 28.8 Å². The van der Waals surface area contributed by atoms with Crippen molar-refractivity contribution in [3.63, 3.8) is 0 Å². The van der Waals surface area contributed by atoms with Crippen LogP contribution in [0.1, 0.15) is 22.5 Å². The van der Waals surface area contributed by atoms with Crippen LogP contribution in [0.25, 0.3) is 11.0 Å². The van der Waals surface area contributed by atoms with Gasteiger partial charge in [-0.1, -0.05) is 103 Å². The fraction of sp³-hybridized carbons (Fsp3) is 0.0741. The van der Waals surface area contributed by atoms with E-state index in [1.807, 2.05) is 97.1 Å². The molecule has 0 bridgehead atoms. The molecule has 1 aromatic heterocycles. The number of hydrogen-bond acceptors (Lipinski definition) is 2. The van der Waals surface area contributed by atoms with Gasteiger partial charge in [-0.3, -0.25) is 0 Å². The van der Waals surface area contributed by atoms with E-state index in [4.69, 9.17) is 4.98 Å². The third-order valence-electron chi connectivity index (χ3n) is 5.54. The van der Waals surface area contributed by atoms with Crippen molar-refractivity contribution in [1.82, 2.24) is 9.55 Å². The average Bonchev–Trinajstić information content (AvgIpc) is 3.19. The maximum atomic E-state index is 12.3. The SMILES string of the molecule is OC(c1ccccc1)(c1ccccc1)c1nc2ccccc2n1Cc1ccccc1. The highest BCUT2D eigenvalue weighted by Crippen LogP contribution is 2.37. The second-order valence-corrected chi connectivity index (χ2v) is 7.44. The number of imidazole rings is 1. The van der Waals surface area contributed by atoms with E-state index in [9.17, 15) is 5.11 Å². The van der Waals surface area contributed by atoms with Crippen LogP contribution in [-0.2, 0) is 12.1 Å². The molecule has 5 rings (SSSR count). The second-order valence-electron chi connectivity index (χ2n) is 7.44. The van der Waals surface area contributed by atoms with Gasteiger partial charge < -0.3 is 9.67 Å². The number of hydrogen-bond donors (Lipinski definition) is 1. The van der Waals surface area contributed by atoms with E-state index in [0.29, 0.717) is 12.4 Å². The molecule has 146 valence electrons. The van der Waals surface area contributed by atoms with Crippen molar-refractivity contribution >= 4 is 11.0 Å². The molecule has 0 aliphatic rings. The lowest BCUT2D eigenvalue weighted by Crippen LogP contribution is -2.32. The molecule has 0 unspecified atom stereocenters. The Morgan fingerprint density at radius 3 is 1.73 bits per heavy atom. The van der Waals surface area contributed by atoms with Gasteiger partial charge in [-0.15, -0.1) is 0 Å². The first-order chi connectivity index (χ1) is 14.8. The van der Waals surface area contributed by atoms with Crippen LogP contribution in [0.2, 0.25) is 0 Å². The van der Waals surface area contributed by atoms with Crippen LogP contribution in [0.4, 0.5) is 0 Å². The van der Waals surface area contributed by atoms with E-state index in [0.717, 1.165) is 27.7 Å². The number of fused-ring (bicyclic) bond motifs is 1. The van der Waals surface area contributed by atoms with Gasteiger partial charge in [0.1, 0.15) is 0 Å². The Morgan fingerprint density at radius 2 is 1.13 bits per heavy atom. The number of aliphatic hydroxyl groups is 1. The molecular weight excluding hydrogens is 368 g/mol. The first kappa shape index (κ1) is 18.3. The number of nitrogens with zero attached hydrogens (tertiary/aromatic N) is 2. The fourth-order valence-electron chi connectivity index (χ4n) is 4.06. The Bertz CT molecular complexity index is 1220. The summed E-state index contributed by atoms with van der Waals surface area (Å²) in [4.78, 5) is 4.95. The van der Waals surface area contributed by atoms with Gasteiger partial charge in [0.05, 0.1) is 11.0 Å². The summed E-state index contributed by atoms with van der Waals surface area (Å²) < 4.78 is 2.13. The van der Waals surface area contributed by atoms with E-state index in [2.05, 4.69) is 22.8 Å². The molecule has 0 saturated heterocycles. The smallest absolute Gasteiger partial charge is 0.173 e. The Kier molecular flexibility index (Phi) is 4.66. The van der Waals surface area contributed by atoms with Crippen LogP contribution < -0.4 is 0 Å². The van der Waals surface area contributed by atoms with Crippen LogP contribution >= 0.6 is 0 Å². The van der Waals surface area contributed by atoms with Gasteiger partial charge in [-0.2, -0.15) is 0 Å². The van der Waals surface area contributed by atoms with Crippen LogP contribution in [0.5, 0.6) is 0 Å². The summed E-state index contributed by atoms with van der Waals surface area (Å²) >= 11 is 0. The van der Waals surface area contributed by atoms with E-state index < -0.39 is 5.60 Å². The van der Waals surface area contributed by atoms with E-state index in [1.54, 1.807) is 0 Å². The molecule has 0 atom stereocenters. The Balaban J connectivity index is 1.80. The largest absolute Gasteiger partial charge is 0.373 e. The van der Waals surface area contributed by atoms with Gasteiger partial charge in [0.2, 0.25) is 0 Å². The molecule has 0 saturated carbocycles. The fourth-order valence-corrected chi connectivity index (χ4v) is 4.06. The van der Waals surface area contributed by atoms with Gasteiger partial charge in [0.15, 0.2) is 11.4 Å². The van der Waals surface area contributed by atoms with E-state index in [1.165, 1.54) is 0 Å². The summed E-state index contributed by atoms with van der Waals surface area (Å²) in [6.45, 7) is 0.624. The molecule has 1 heterocycles. The van der Waals surface area contributed by atoms with Crippen molar-refractivity contribution in [2.24, 2.45) is 0 Å². The molecule has 1 N–H and O–H groups in total. The molecule has 5 aromatic rings. The normalized spacial score (nSPS) is 11.6. The highest BCUT2D eigenvalue weighted by Gasteiger charge is 2.38. The predicted molar refractivity (Wildman–Crippen MR) is 120 cm³/mol. The molecular formula is C27H22N2O. The van der Waals surface area contributed by atoms with Crippen molar-refractivity contribution in [2.45, 2.75) is 12.1 Å². The molecule has 0 amide bonds. The zero-order chi connectivity index (χ0) is 20.4. The zero-order valence-corrected chi connectivity index (χ0v) is 16.5. The lowest BCUT2D eigenvalue weighted by molar-refractivity contribution is 0.112. The Hall–Kier alpha value is -3.69. The van der Waals surface area contributed by atoms with Crippen LogP contribution in [0, 0.1) is 0 Å². The zero-order valence-electron chi connectivity index (χ0n) is 16.5. The van der Waals surface area contributed by atoms with Crippen molar-refractivity contribution < 1.29 is 5.11 Å². The minimum atomic E-state index is -1.38. The minimum absolute atomic E-state index is 0.616. The number of aromatic nitrogens is 2. The second kappa shape index (κ2) is 7.62. The van der Waals surface area contributed by atoms with Crippen LogP contribution in [0.15, 0.2) is 115 Å². The van der Waals surface area contributed by atoms with Crippen LogP contribution in [-0.4, -0.2) is 14.7 Å². The highest BCUT2D eigenvalue weighted by molar-refractivity contribution is 5.77. The van der Waals surface area contributed by atoms with Crippen molar-refractivity contribution in [2.75, 3.05) is 0 Å². The lowest BCUT2D eigenvalue weighted by Gasteiger charge is -2.29. The third-order valence-corrected chi connectivity index (χ3v) is 5.54. The van der Waals surface area contributed by atoms with Crippen molar-refractivity contribution in [1.29, 1.82) is 0 Å². The maximum Gasteiger partial charge on any atom is 0.173 e. The van der Waals surface area contributed by atoms with E-state index in [-0.39, 0.29) is 0 Å². The predicted octanol–water partition coefficient (Wildman–Crippen LogP) is 5.37. The quantitative estimate of drug-likeness (QED) is 0.438. The molecule has 0 aliphatic heterocycles. The molecule has 3 nitrogen and oxygen atoms in total. The summed E-state index contributed by atoms with van der Waals surface area (Å²) in [6.07, 6.45) is 0. The van der Waals surface area contributed by atoms with Crippen molar-refractivity contribution in [3.8, 4) is 0 Å². The molecule has 30 heavy (non-hydrogen) atoms. The molecule has 3 heteroatoms. The standard InChI is InChI=1S/C27H22N2O/c30-27(22-14-6-2-7-15-22,23-16-8-3-9-17-23)26-28-24-18-10-11-19-25(24)29(26)20-21-12-4-1-5-13-21/h1-19,30H,20H2.